The Morgan fingerprint density at radius 2 is 1.17 bits per heavy atom. The molecule has 36 heavy (non-hydrogen) atoms. The van der Waals surface area contributed by atoms with Crippen molar-refractivity contribution in [3.63, 3.8) is 0 Å². The van der Waals surface area contributed by atoms with Crippen molar-refractivity contribution < 1.29 is 42.9 Å². The average molecular weight is 517 g/mol. The molecule has 0 aromatic rings. The van der Waals surface area contributed by atoms with Gasteiger partial charge in [-0.3, -0.25) is 19.2 Å². The molecule has 0 N–H and O–H groups in total. The number of hydrogen-bond donors (Lipinski definition) is 0. The normalized spacial score (nSPS) is 21.8. The van der Waals surface area contributed by atoms with E-state index in [0.717, 1.165) is 0 Å². The molecule has 0 radical (unpaired) electrons. The van der Waals surface area contributed by atoms with Crippen molar-refractivity contribution in [3.05, 3.63) is 0 Å². The van der Waals surface area contributed by atoms with Gasteiger partial charge in [-0.2, -0.15) is 0 Å². The van der Waals surface area contributed by atoms with Gasteiger partial charge in [0, 0.05) is 25.9 Å². The van der Waals surface area contributed by atoms with Gasteiger partial charge in [-0.1, -0.05) is 27.7 Å². The quantitative estimate of drug-likeness (QED) is 0.233. The molecular weight excluding hydrogens is 472 g/mol. The van der Waals surface area contributed by atoms with Crippen molar-refractivity contribution in [3.8, 4) is 0 Å². The topological polar surface area (TPSA) is 121 Å². The lowest BCUT2D eigenvalue weighted by atomic mass is 10.1. The zero-order valence-corrected chi connectivity index (χ0v) is 23.0. The van der Waals surface area contributed by atoms with Crippen LogP contribution in [0.2, 0.25) is 0 Å². The van der Waals surface area contributed by atoms with E-state index in [-0.39, 0.29) is 44.1 Å². The molecule has 4 atom stereocenters. The Kier molecular flexibility index (Phi) is 13.9. The van der Waals surface area contributed by atoms with E-state index in [9.17, 15) is 19.2 Å². The van der Waals surface area contributed by atoms with E-state index in [4.69, 9.17) is 23.7 Å². The molecule has 1 aliphatic rings. The lowest BCUT2D eigenvalue weighted by Gasteiger charge is -2.24. The molecule has 0 bridgehead atoms. The van der Waals surface area contributed by atoms with Crippen LogP contribution in [0.25, 0.3) is 0 Å². The van der Waals surface area contributed by atoms with Crippen LogP contribution in [0.1, 0.15) is 53.4 Å². The molecule has 11 heteroatoms. The van der Waals surface area contributed by atoms with Crippen LogP contribution < -0.4 is 0 Å². The number of nitrogens with zero attached hydrogens (tertiary/aromatic N) is 2. The first kappa shape index (κ1) is 31.8. The summed E-state index contributed by atoms with van der Waals surface area (Å²) >= 11 is 0. The first-order valence-electron chi connectivity index (χ1n) is 12.5. The van der Waals surface area contributed by atoms with Gasteiger partial charge >= 0.3 is 23.9 Å². The highest BCUT2D eigenvalue weighted by atomic mass is 16.8. The van der Waals surface area contributed by atoms with Crippen molar-refractivity contribution in [2.75, 3.05) is 47.9 Å². The molecule has 11 nitrogen and oxygen atoms in total. The first-order chi connectivity index (χ1) is 16.8. The minimum atomic E-state index is -1.31. The second-order valence-corrected chi connectivity index (χ2v) is 10.4. The molecule has 0 amide bonds. The maximum Gasteiger partial charge on any atom is 0.309 e. The fourth-order valence-corrected chi connectivity index (χ4v) is 3.32. The molecular formula is C25H44N2O9. The van der Waals surface area contributed by atoms with Crippen LogP contribution in [-0.2, 0) is 42.9 Å². The van der Waals surface area contributed by atoms with Gasteiger partial charge < -0.3 is 33.5 Å². The summed E-state index contributed by atoms with van der Waals surface area (Å²) in [6.07, 6.45) is -4.09. The second-order valence-electron chi connectivity index (χ2n) is 10.4. The van der Waals surface area contributed by atoms with Crippen molar-refractivity contribution in [2.24, 2.45) is 11.8 Å². The van der Waals surface area contributed by atoms with E-state index in [0.29, 0.717) is 13.1 Å². The molecule has 1 rings (SSSR count). The van der Waals surface area contributed by atoms with Crippen LogP contribution in [0.5, 0.6) is 0 Å². The smallest absolute Gasteiger partial charge is 0.309 e. The van der Waals surface area contributed by atoms with Gasteiger partial charge in [0.2, 0.25) is 12.4 Å². The van der Waals surface area contributed by atoms with Crippen LogP contribution in [0, 0.1) is 11.8 Å². The van der Waals surface area contributed by atoms with Crippen LogP contribution >= 0.6 is 0 Å². The van der Waals surface area contributed by atoms with Crippen LogP contribution in [-0.4, -0.2) is 106 Å². The molecule has 0 aliphatic carbocycles. The first-order valence-corrected chi connectivity index (χ1v) is 12.5. The third-order valence-corrected chi connectivity index (χ3v) is 5.13. The minimum absolute atomic E-state index is 0.0244. The Labute approximate surface area is 214 Å². The monoisotopic (exact) mass is 516 g/mol. The number of rotatable bonds is 15. The molecule has 0 spiro atoms. The summed E-state index contributed by atoms with van der Waals surface area (Å²) in [6, 6.07) is 0. The summed E-state index contributed by atoms with van der Waals surface area (Å²) in [5.74, 6) is -2.03. The summed E-state index contributed by atoms with van der Waals surface area (Å²) in [5, 5.41) is 0. The Bertz CT molecular complexity index is 724. The summed E-state index contributed by atoms with van der Waals surface area (Å²) in [6.45, 7) is 8.15. The van der Waals surface area contributed by atoms with Gasteiger partial charge in [-0.15, -0.1) is 0 Å². The zero-order chi connectivity index (χ0) is 27.4. The van der Waals surface area contributed by atoms with Crippen molar-refractivity contribution >= 4 is 23.9 Å². The molecule has 1 heterocycles. The molecule has 1 fully saturated rings. The Hall–Kier alpha value is -2.24. The average Bonchev–Trinajstić information content (AvgIpc) is 3.03. The summed E-state index contributed by atoms with van der Waals surface area (Å²) in [4.78, 5) is 53.4. The van der Waals surface area contributed by atoms with Gasteiger partial charge in [0.1, 0.15) is 12.7 Å². The van der Waals surface area contributed by atoms with Crippen LogP contribution in [0.3, 0.4) is 0 Å². The molecule has 1 saturated heterocycles. The molecule has 1 aliphatic heterocycles. The van der Waals surface area contributed by atoms with Crippen molar-refractivity contribution in [2.45, 2.75) is 78.0 Å². The zero-order valence-electron chi connectivity index (χ0n) is 23.0. The number of carbonyl (C=O) groups is 4. The lowest BCUT2D eigenvalue weighted by Crippen LogP contribution is -2.43. The molecule has 208 valence electrons. The Morgan fingerprint density at radius 1 is 0.694 bits per heavy atom. The lowest BCUT2D eigenvalue weighted by molar-refractivity contribution is -0.200. The van der Waals surface area contributed by atoms with Crippen LogP contribution in [0.15, 0.2) is 0 Å². The SMILES string of the molecule is CC(C)CC(=O)O[C@H]1[C@H](OC(=O)CCN(C)C)O[C@H](COC(=O)CCN(C)C)[C@H]1OC(=O)CC(C)C. The van der Waals surface area contributed by atoms with E-state index in [2.05, 4.69) is 0 Å². The van der Waals surface area contributed by atoms with E-state index >= 15 is 0 Å². The van der Waals surface area contributed by atoms with Gasteiger partial charge in [0.15, 0.2) is 6.10 Å². The third-order valence-electron chi connectivity index (χ3n) is 5.13. The highest BCUT2D eigenvalue weighted by Crippen LogP contribution is 2.30. The highest BCUT2D eigenvalue weighted by molar-refractivity contribution is 5.72. The molecule has 0 aromatic heterocycles. The number of ether oxygens (including phenoxy) is 5. The molecule has 0 unspecified atom stereocenters. The van der Waals surface area contributed by atoms with Gasteiger partial charge in [0.05, 0.1) is 12.8 Å². The maximum atomic E-state index is 12.5. The standard InChI is InChI=1S/C25H44N2O9/c1-16(2)13-21(30)34-23-18(15-32-19(28)9-11-26(5)6)33-25(36-20(29)10-12-27(7)8)24(23)35-22(31)14-17(3)4/h16-18,23-25H,9-15H2,1-8H3/t18-,23-,24-,25+/m1/s1. The minimum Gasteiger partial charge on any atom is -0.463 e. The molecule has 0 aromatic carbocycles. The predicted octanol–water partition coefficient (Wildman–Crippen LogP) is 1.62. The Balaban J connectivity index is 3.09. The van der Waals surface area contributed by atoms with Gasteiger partial charge in [0.25, 0.3) is 0 Å². The predicted molar refractivity (Wildman–Crippen MR) is 131 cm³/mol. The van der Waals surface area contributed by atoms with E-state index in [1.165, 1.54) is 0 Å². The van der Waals surface area contributed by atoms with E-state index in [1.54, 1.807) is 0 Å². The summed E-state index contributed by atoms with van der Waals surface area (Å²) < 4.78 is 28.0. The fraction of sp³-hybridized carbons (Fsp3) is 0.840. The number of esters is 4. The van der Waals surface area contributed by atoms with Crippen molar-refractivity contribution in [1.29, 1.82) is 0 Å². The molecule has 0 saturated carbocycles. The number of hydrogen-bond acceptors (Lipinski definition) is 11. The summed E-state index contributed by atoms with van der Waals surface area (Å²) in [5.41, 5.74) is 0. The second kappa shape index (κ2) is 15.8. The van der Waals surface area contributed by atoms with E-state index in [1.807, 2.05) is 65.7 Å². The van der Waals surface area contributed by atoms with Gasteiger partial charge in [-0.05, 0) is 40.0 Å². The Morgan fingerprint density at radius 3 is 1.64 bits per heavy atom. The maximum absolute atomic E-state index is 12.5. The highest BCUT2D eigenvalue weighted by Gasteiger charge is 2.52. The largest absolute Gasteiger partial charge is 0.463 e. The van der Waals surface area contributed by atoms with Crippen LogP contribution in [0.4, 0.5) is 0 Å². The van der Waals surface area contributed by atoms with E-state index < -0.39 is 48.5 Å². The fourth-order valence-electron chi connectivity index (χ4n) is 3.32. The van der Waals surface area contributed by atoms with Crippen molar-refractivity contribution in [1.82, 2.24) is 9.80 Å². The third kappa shape index (κ3) is 12.6. The summed E-state index contributed by atoms with van der Waals surface area (Å²) in [7, 11) is 7.31. The van der Waals surface area contributed by atoms with Gasteiger partial charge in [-0.25, -0.2) is 0 Å². The number of carbonyl (C=O) groups excluding carboxylic acids is 4.